The van der Waals surface area contributed by atoms with Crippen LogP contribution in [0.4, 0.5) is 0 Å². The Kier molecular flexibility index (Phi) is 11.0. The highest BCUT2D eigenvalue weighted by molar-refractivity contribution is 5.87. The van der Waals surface area contributed by atoms with E-state index in [-0.39, 0.29) is 30.3 Å². The minimum absolute atomic E-state index is 0.0754. The molecule has 0 aliphatic carbocycles. The number of aliphatic hydroxyl groups excluding tert-OH is 5. The third-order valence-corrected chi connectivity index (χ3v) is 7.27. The van der Waals surface area contributed by atoms with E-state index in [1.54, 1.807) is 6.07 Å². The van der Waals surface area contributed by atoms with Crippen molar-refractivity contribution < 1.29 is 74.4 Å². The Hall–Kier alpha value is -3.51. The maximum Gasteiger partial charge on any atom is 0.331 e. The van der Waals surface area contributed by atoms with Crippen molar-refractivity contribution in [2.45, 2.75) is 74.8 Å². The molecular weight excluding hydrogens is 588 g/mol. The van der Waals surface area contributed by atoms with Crippen LogP contribution in [-0.2, 0) is 34.9 Å². The van der Waals surface area contributed by atoms with E-state index in [9.17, 15) is 50.8 Å². The van der Waals surface area contributed by atoms with Crippen LogP contribution in [0, 0.1) is 0 Å². The molecule has 2 saturated heterocycles. The number of phenols is 4. The summed E-state index contributed by atoms with van der Waals surface area (Å²) in [7, 11) is 0. The highest BCUT2D eigenvalue weighted by Gasteiger charge is 2.52. The van der Waals surface area contributed by atoms with Crippen LogP contribution in [0.3, 0.4) is 0 Å². The van der Waals surface area contributed by atoms with Crippen molar-refractivity contribution in [1.82, 2.24) is 0 Å². The molecule has 0 amide bonds. The van der Waals surface area contributed by atoms with Gasteiger partial charge in [0.1, 0.15) is 36.6 Å². The summed E-state index contributed by atoms with van der Waals surface area (Å²) >= 11 is 0. The molecule has 2 heterocycles. The van der Waals surface area contributed by atoms with Crippen LogP contribution in [0.15, 0.2) is 42.5 Å². The van der Waals surface area contributed by atoms with Crippen LogP contribution in [0.5, 0.6) is 23.0 Å². The zero-order valence-corrected chi connectivity index (χ0v) is 23.5. The number of phenolic OH excluding ortho intramolecular Hbond substituents is 4. The van der Waals surface area contributed by atoms with Gasteiger partial charge in [-0.25, -0.2) is 4.79 Å². The average Bonchev–Trinajstić information content (AvgIpc) is 2.99. The molecule has 15 heteroatoms. The Balaban J connectivity index is 1.52. The smallest absolute Gasteiger partial charge is 0.331 e. The van der Waals surface area contributed by atoms with Gasteiger partial charge in [0, 0.05) is 6.08 Å². The van der Waals surface area contributed by atoms with Crippen molar-refractivity contribution in [3.8, 4) is 23.0 Å². The number of benzene rings is 2. The molecule has 2 aliphatic rings. The summed E-state index contributed by atoms with van der Waals surface area (Å²) in [5, 5.41) is 90.5. The first-order valence-corrected chi connectivity index (χ1v) is 13.7. The molecule has 2 aromatic carbocycles. The summed E-state index contributed by atoms with van der Waals surface area (Å²) in [4.78, 5) is 12.8. The van der Waals surface area contributed by atoms with Gasteiger partial charge in [0.2, 0.25) is 0 Å². The van der Waals surface area contributed by atoms with E-state index in [1.165, 1.54) is 43.3 Å². The number of carbonyl (C=O) groups is 1. The van der Waals surface area contributed by atoms with Gasteiger partial charge in [0.15, 0.2) is 41.7 Å². The lowest BCUT2D eigenvalue weighted by Gasteiger charge is -2.46. The molecule has 15 nitrogen and oxygen atoms in total. The summed E-state index contributed by atoms with van der Waals surface area (Å²) < 4.78 is 28.2. The van der Waals surface area contributed by atoms with Crippen LogP contribution in [-0.4, -0.2) is 127 Å². The molecule has 0 unspecified atom stereocenters. The molecule has 242 valence electrons. The van der Waals surface area contributed by atoms with Crippen molar-refractivity contribution in [2.75, 3.05) is 13.2 Å². The van der Waals surface area contributed by atoms with E-state index in [2.05, 4.69) is 0 Å². The molecular formula is C29H36O15. The summed E-state index contributed by atoms with van der Waals surface area (Å²) in [6.45, 7) is 0.606. The molecule has 0 saturated carbocycles. The first kappa shape index (κ1) is 33.4. The second-order valence-electron chi connectivity index (χ2n) is 10.4. The molecule has 2 aliphatic heterocycles. The van der Waals surface area contributed by atoms with Crippen molar-refractivity contribution >= 4 is 12.0 Å². The quantitative estimate of drug-likeness (QED) is 0.0873. The minimum atomic E-state index is -1.77. The zero-order chi connectivity index (χ0) is 32.1. The van der Waals surface area contributed by atoms with Crippen molar-refractivity contribution in [2.24, 2.45) is 0 Å². The highest BCUT2D eigenvalue weighted by Crippen LogP contribution is 2.32. The third-order valence-electron chi connectivity index (χ3n) is 7.27. The Morgan fingerprint density at radius 1 is 0.818 bits per heavy atom. The van der Waals surface area contributed by atoms with E-state index in [4.69, 9.17) is 23.7 Å². The van der Waals surface area contributed by atoms with Gasteiger partial charge in [-0.1, -0.05) is 12.1 Å². The molecule has 44 heavy (non-hydrogen) atoms. The molecule has 10 atom stereocenters. The van der Waals surface area contributed by atoms with Crippen LogP contribution < -0.4 is 0 Å². The van der Waals surface area contributed by atoms with Crippen molar-refractivity contribution in [1.29, 1.82) is 0 Å². The minimum Gasteiger partial charge on any atom is -0.504 e. The second kappa shape index (κ2) is 14.5. The maximum absolute atomic E-state index is 12.8. The number of hydrogen-bond donors (Lipinski definition) is 9. The second-order valence-corrected chi connectivity index (χ2v) is 10.4. The van der Waals surface area contributed by atoms with Gasteiger partial charge in [0.05, 0.1) is 19.3 Å². The first-order valence-electron chi connectivity index (χ1n) is 13.7. The molecule has 0 radical (unpaired) electrons. The number of ether oxygens (including phenoxy) is 5. The zero-order valence-electron chi connectivity index (χ0n) is 23.5. The third kappa shape index (κ3) is 7.76. The monoisotopic (exact) mass is 624 g/mol. The average molecular weight is 625 g/mol. The standard InChI is InChI=1S/C29H36O15/c1-13-22(36)23(37)24(38)29(41-13)44-27-25(39)28(40-9-8-15-3-6-17(32)19(34)11-15)42-20(12-30)26(27)43-21(35)7-4-14-2-5-16(31)18(33)10-14/h2-7,10-11,13,20,22-34,36-39H,8-9,12H2,1H3/t13-,20+,22-,23+,24+,25+,26+,27+,28+,29+/m0/s1. The number of aliphatic hydroxyl groups is 5. The summed E-state index contributed by atoms with van der Waals surface area (Å²) in [6, 6.07) is 7.98. The Morgan fingerprint density at radius 2 is 1.50 bits per heavy atom. The van der Waals surface area contributed by atoms with E-state index in [1.807, 2.05) is 0 Å². The van der Waals surface area contributed by atoms with Crippen LogP contribution in [0.25, 0.3) is 6.08 Å². The van der Waals surface area contributed by atoms with Crippen molar-refractivity contribution in [3.05, 3.63) is 53.6 Å². The van der Waals surface area contributed by atoms with Gasteiger partial charge in [-0.15, -0.1) is 0 Å². The highest BCUT2D eigenvalue weighted by atomic mass is 16.7. The molecule has 4 rings (SSSR count). The topological polar surface area (TPSA) is 245 Å². The van der Waals surface area contributed by atoms with Gasteiger partial charge >= 0.3 is 5.97 Å². The Labute approximate surface area is 251 Å². The van der Waals surface area contributed by atoms with Crippen LogP contribution >= 0.6 is 0 Å². The van der Waals surface area contributed by atoms with E-state index in [0.29, 0.717) is 11.1 Å². The number of hydrogen-bond acceptors (Lipinski definition) is 15. The number of carbonyl (C=O) groups excluding carboxylic acids is 1. The maximum atomic E-state index is 12.8. The van der Waals surface area contributed by atoms with E-state index < -0.39 is 79.7 Å². The first-order chi connectivity index (χ1) is 20.9. The van der Waals surface area contributed by atoms with Crippen LogP contribution in [0.2, 0.25) is 0 Å². The number of rotatable bonds is 10. The lowest BCUT2D eigenvalue weighted by molar-refractivity contribution is -0.357. The predicted molar refractivity (Wildman–Crippen MR) is 147 cm³/mol. The molecule has 9 N–H and O–H groups in total. The summed E-state index contributed by atoms with van der Waals surface area (Å²) in [6.07, 6.45) is -12.6. The Morgan fingerprint density at radius 3 is 2.16 bits per heavy atom. The fourth-order valence-corrected chi connectivity index (χ4v) is 4.76. The molecule has 0 spiro atoms. The largest absolute Gasteiger partial charge is 0.504 e. The molecule has 0 aromatic heterocycles. The molecule has 2 aromatic rings. The predicted octanol–water partition coefficient (Wildman–Crippen LogP) is -1.02. The normalized spacial score (nSPS) is 32.5. The Bertz CT molecular complexity index is 1300. The number of esters is 1. The van der Waals surface area contributed by atoms with E-state index >= 15 is 0 Å². The molecule has 0 bridgehead atoms. The van der Waals surface area contributed by atoms with Gasteiger partial charge in [-0.05, 0) is 54.8 Å². The summed E-state index contributed by atoms with van der Waals surface area (Å²) in [5.41, 5.74) is 0.914. The number of aromatic hydroxyl groups is 4. The fraction of sp³-hybridized carbons (Fsp3) is 0.483. The van der Waals surface area contributed by atoms with Crippen molar-refractivity contribution in [3.63, 3.8) is 0 Å². The lowest BCUT2D eigenvalue weighted by atomic mass is 9.97. The summed E-state index contributed by atoms with van der Waals surface area (Å²) in [5.74, 6) is -2.40. The van der Waals surface area contributed by atoms with Gasteiger partial charge in [-0.3, -0.25) is 0 Å². The van der Waals surface area contributed by atoms with Gasteiger partial charge < -0.3 is 69.6 Å². The van der Waals surface area contributed by atoms with Crippen LogP contribution in [0.1, 0.15) is 18.1 Å². The SMILES string of the molecule is C[C@@H]1O[C@H](O[C@@H]2[C@@H](O)[C@H](OCCc3ccc(O)c(O)c3)O[C@H](CO)[C@H]2OC(=O)C=Cc2ccc(O)c(O)c2)[C@H](O)[C@H](O)[C@H]1O. The molecule has 2 fully saturated rings. The van der Waals surface area contributed by atoms with Gasteiger partial charge in [0.25, 0.3) is 0 Å². The fourth-order valence-electron chi connectivity index (χ4n) is 4.76. The van der Waals surface area contributed by atoms with E-state index in [0.717, 1.165) is 6.08 Å². The van der Waals surface area contributed by atoms with Gasteiger partial charge in [-0.2, -0.15) is 0 Å². The lowest BCUT2D eigenvalue weighted by Crippen LogP contribution is -2.65.